The van der Waals surface area contributed by atoms with Gasteiger partial charge in [-0.15, -0.1) is 0 Å². The first-order valence-corrected chi connectivity index (χ1v) is 40.4. The molecule has 0 aromatic heterocycles. The van der Waals surface area contributed by atoms with Crippen molar-refractivity contribution >= 4 is 68.1 Å². The third kappa shape index (κ3) is 29.1. The van der Waals surface area contributed by atoms with E-state index in [1.165, 1.54) is 7.05 Å². The van der Waals surface area contributed by atoms with Crippen LogP contribution in [0.2, 0.25) is 0 Å². The van der Waals surface area contributed by atoms with E-state index in [9.17, 15) is 156 Å². The van der Waals surface area contributed by atoms with Crippen molar-refractivity contribution in [3.63, 3.8) is 0 Å². The van der Waals surface area contributed by atoms with Crippen molar-refractivity contribution in [1.82, 2.24) is 42.1 Å². The van der Waals surface area contributed by atoms with Crippen molar-refractivity contribution in [2.24, 2.45) is 0 Å². The molecule has 56 nitrogen and oxygen atoms in total. The first-order valence-electron chi connectivity index (χ1n) is 37.8. The van der Waals surface area contributed by atoms with Crippen LogP contribution < -0.4 is 96.3 Å². The molecule has 40 atom stereocenters. The van der Waals surface area contributed by atoms with Crippen molar-refractivity contribution in [2.45, 2.75) is 301 Å². The van der Waals surface area contributed by atoms with E-state index >= 15 is 0 Å². The van der Waals surface area contributed by atoms with Crippen LogP contribution in [0.3, 0.4) is 0 Å². The van der Waals surface area contributed by atoms with E-state index in [0.717, 1.165) is 60.3 Å². The Balaban J connectivity index is 0.000000437. The first kappa shape index (κ1) is 112. The zero-order chi connectivity index (χ0) is 92.2. The summed E-state index contributed by atoms with van der Waals surface area (Å²) in [6.07, 6.45) is -57.9. The van der Waals surface area contributed by atoms with Crippen molar-refractivity contribution in [1.29, 1.82) is 0 Å². The molecule has 25 N–H and O–H groups in total. The summed E-state index contributed by atoms with van der Waals surface area (Å²) < 4.78 is 157. The molecule has 8 rings (SSSR count). The molecule has 4 unspecified atom stereocenters. The van der Waals surface area contributed by atoms with Gasteiger partial charge < -0.3 is 209 Å². The normalized spacial score (nSPS) is 41.0. The Morgan fingerprint density at radius 3 is 0.728 bits per heavy atom. The van der Waals surface area contributed by atoms with E-state index in [1.54, 1.807) is 0 Å². The van der Waals surface area contributed by atoms with E-state index < -0.39 is 366 Å². The Hall–Kier alpha value is -3.78. The molecule has 8 saturated heterocycles. The third-order valence-corrected chi connectivity index (χ3v) is 21.4. The van der Waals surface area contributed by atoms with E-state index in [-0.39, 0.29) is 59.1 Å². The van der Waals surface area contributed by atoms with Gasteiger partial charge in [0.15, 0.2) is 50.3 Å². The first-order chi connectivity index (χ1) is 57.4. The van der Waals surface area contributed by atoms with Gasteiger partial charge in [-0.05, 0) is 0 Å². The Labute approximate surface area is 756 Å². The average molecular weight is 1880 g/mol. The van der Waals surface area contributed by atoms with Gasteiger partial charge in [0, 0.05) is 62.4 Å². The summed E-state index contributed by atoms with van der Waals surface area (Å²) in [5.41, 5.74) is 0. The van der Waals surface area contributed by atoms with Gasteiger partial charge in [-0.25, -0.2) is 16.8 Å². The molecular formula is C65H108N8Na2O48S2. The van der Waals surface area contributed by atoms with Crippen LogP contribution >= 0.6 is 0 Å². The number of nitrogens with zero attached hydrogens (tertiary/aromatic N) is 1. The number of amides is 8. The van der Waals surface area contributed by atoms with Gasteiger partial charge in [0.05, 0.1) is 52.9 Å². The number of hydrogen-bond donors (Lipinski definition) is 25. The van der Waals surface area contributed by atoms with E-state index in [0.29, 0.717) is 0 Å². The van der Waals surface area contributed by atoms with E-state index in [1.807, 2.05) is 0 Å². The summed E-state index contributed by atoms with van der Waals surface area (Å²) in [6.45, 7) is 0.378. The smallest absolute Gasteiger partial charge is 0.726 e. The minimum atomic E-state index is -5.39. The number of aliphatic hydroxyl groups excluding tert-OH is 18. The van der Waals surface area contributed by atoms with Crippen LogP contribution in [0.15, 0.2) is 0 Å². The molecule has 0 aromatic rings. The van der Waals surface area contributed by atoms with E-state index in [2.05, 4.69) is 45.6 Å². The molecule has 0 radical (unpaired) electrons. The van der Waals surface area contributed by atoms with Crippen LogP contribution in [0.1, 0.15) is 55.4 Å². The molecule has 0 aromatic carbocycles. The van der Waals surface area contributed by atoms with Gasteiger partial charge in [-0.3, -0.25) is 46.7 Å². The molecule has 0 bridgehead atoms. The molecule has 8 aliphatic rings. The minimum absolute atomic E-state index is 0. The van der Waals surface area contributed by atoms with Crippen LogP contribution in [-0.4, -0.2) is 475 Å². The number of carbonyl (C=O) groups is 8. The summed E-state index contributed by atoms with van der Waals surface area (Å²) in [4.78, 5) is 98.8. The van der Waals surface area contributed by atoms with E-state index in [4.69, 9.17) is 66.3 Å². The SMILES string of the molecule is CC(=O)N[C@H]1[C@H](O[C@H]2C(O)[C@@H](NC(C)=O)[C@H](O)O[C@@H]2COS(=O)(=O)[O-])O[C@H](CO)[C@@H](O[C@@H]2O[C@H](CO)[C@@H](O[C@@H]3O[C@H](CO)[C@@H](O)[C@H](O)[C@H]3N(C)C(C)=O)C(O)[C@H]2NC(C)=O)[C@@H]1O.CC(=O)N[C@H]1[C@H](O[C@H]2C(O)[C@@H](NC(C)=O)[C@H](O)O[C@@H]2COS(=O)(=O)[O-])O[C@H](CO)[C@@H](O[C@@H]2O[C@H](CO)[C@@H](O[C@@H]3O[C@H](CO)[C@@H](O)[C@H](O)[C@H]3NC(C)=O)C(O)[C@H]2NC(C)=O)[C@@H]1O.[Na+].[Na+]. The molecule has 125 heavy (non-hydrogen) atoms. The maximum atomic E-state index is 12.5. The monoisotopic (exact) mass is 1880 g/mol. The van der Waals surface area contributed by atoms with Crippen molar-refractivity contribution in [3.05, 3.63) is 0 Å². The van der Waals surface area contributed by atoms with Crippen LogP contribution in [0, 0.1) is 0 Å². The van der Waals surface area contributed by atoms with Crippen LogP contribution in [0.5, 0.6) is 0 Å². The maximum Gasteiger partial charge on any atom is 1.00 e. The molecule has 60 heteroatoms. The van der Waals surface area contributed by atoms with Gasteiger partial charge >= 0.3 is 59.1 Å². The second-order valence-electron chi connectivity index (χ2n) is 29.6. The maximum absolute atomic E-state index is 12.5. The molecule has 0 saturated carbocycles. The van der Waals surface area contributed by atoms with Crippen molar-refractivity contribution < 1.29 is 290 Å². The number of carbonyl (C=O) groups excluding carboxylic acids is 8. The van der Waals surface area contributed by atoms with Crippen molar-refractivity contribution in [2.75, 3.05) is 59.9 Å². The minimum Gasteiger partial charge on any atom is -0.726 e. The molecule has 710 valence electrons. The Morgan fingerprint density at radius 1 is 0.296 bits per heavy atom. The summed E-state index contributed by atoms with van der Waals surface area (Å²) in [5.74, 6) is -6.15. The second-order valence-corrected chi connectivity index (χ2v) is 31.7. The molecule has 0 aliphatic carbocycles. The van der Waals surface area contributed by atoms with Gasteiger partial charge in [0.2, 0.25) is 68.1 Å². The fraction of sp³-hybridized carbons (Fsp3) is 0.877. The Morgan fingerprint density at radius 2 is 0.496 bits per heavy atom. The van der Waals surface area contributed by atoms with Crippen LogP contribution in [0.25, 0.3) is 0 Å². The van der Waals surface area contributed by atoms with Crippen LogP contribution in [-0.2, 0) is 134 Å². The van der Waals surface area contributed by atoms with Gasteiger partial charge in [-0.2, -0.15) is 0 Å². The largest absolute Gasteiger partial charge is 1.00 e. The molecule has 8 fully saturated rings. The van der Waals surface area contributed by atoms with Gasteiger partial charge in [0.25, 0.3) is 0 Å². The number of likely N-dealkylation sites (N-methyl/N-ethyl adjacent to an activating group) is 1. The molecule has 8 heterocycles. The predicted octanol–water partition coefficient (Wildman–Crippen LogP) is -25.0. The number of rotatable bonds is 32. The number of aliphatic hydroxyl groups is 18. The fourth-order valence-corrected chi connectivity index (χ4v) is 15.4. The Bertz CT molecular complexity index is 3750. The number of nitrogens with one attached hydrogen (secondary N) is 7. The molecule has 8 amide bonds. The summed E-state index contributed by atoms with van der Waals surface area (Å²) in [6, 6.07) is -13.1. The predicted molar refractivity (Wildman–Crippen MR) is 382 cm³/mol. The topological polar surface area (TPSA) is 850 Å². The third-order valence-electron chi connectivity index (χ3n) is 20.6. The summed E-state index contributed by atoms with van der Waals surface area (Å²) in [7, 11) is -9.54. The summed E-state index contributed by atoms with van der Waals surface area (Å²) in [5, 5.41) is 210. The average Bonchev–Trinajstić information content (AvgIpc) is 1.10. The second kappa shape index (κ2) is 49.3. The molecular weight excluding hydrogens is 1770 g/mol. The number of hydrogen-bond acceptors (Lipinski definition) is 48. The zero-order valence-electron chi connectivity index (χ0n) is 68.8. The van der Waals surface area contributed by atoms with Crippen molar-refractivity contribution in [3.8, 4) is 0 Å². The fourth-order valence-electron chi connectivity index (χ4n) is 14.8. The standard InChI is InChI=1S/C33H56N4O24S.C32H54N4O24S.2Na/c1-10(41)34-18-23(46)29(17(55-30(18)50)9-54-62(51,52)53)60-32-19(35-11(2)42)24(47)27(15(7-39)57-32)59-31-20(36-12(3)43)25(48)28(16(8-40)58-31)61-33-21(37(5)13(4)44)26(49)22(45)14(6-38)56-33;1-9(40)33-17-23(46)28(16(54-29(17)49)8-53-61(50,51)52)60-32-20(36-12(4)43)25(48)27(15(7-39)57-32)59-31-19(35-11(3)42)24(47)26(14(6-38)56-31)58-30-18(34-10(2)41)22(45)21(44)13(5-37)55-30;;/h14-33,38-40,45-50H,6-9H2,1-5H3,(H,34,41)(H,35,42)(H,36,43)(H,51,52,53);13-32,37-39,44-49H,5-8H2,1-4H3,(H,33,40)(H,34,41)(H,35,42)(H,36,43)(H,50,51,52);;/q;;2*+1/p-2/t14-,15-,16-,17-,18-,19-,20-,21-,22-,23?,24-,25?,26-,27-,28-,29-,30-,31+,32+,33+;13-,14-,15-,16-,17-,18-,19-,20-,21-,22-,23?,24?,25-,26-,27-,28-,29-,30+,31+,32+;;/m11../s1. The van der Waals surface area contributed by atoms with Gasteiger partial charge in [0.1, 0.15) is 195 Å². The van der Waals surface area contributed by atoms with Crippen LogP contribution in [0.4, 0.5) is 0 Å². The quantitative estimate of drug-likeness (QED) is 0.0169. The number of ether oxygens (including phenoxy) is 14. The van der Waals surface area contributed by atoms with Gasteiger partial charge in [-0.1, -0.05) is 0 Å². The molecule has 0 spiro atoms. The Kier molecular flexibility index (Phi) is 44.0. The molecule has 8 aliphatic heterocycles. The summed E-state index contributed by atoms with van der Waals surface area (Å²) >= 11 is 0. The zero-order valence-corrected chi connectivity index (χ0v) is 74.4.